The largest absolute Gasteiger partial charge is 0.477 e. The van der Waals surface area contributed by atoms with Gasteiger partial charge < -0.3 is 10.1 Å². The van der Waals surface area contributed by atoms with Crippen LogP contribution in [0.5, 0.6) is 0 Å². The predicted molar refractivity (Wildman–Crippen MR) is 67.8 cm³/mol. The summed E-state index contributed by atoms with van der Waals surface area (Å²) in [5.74, 6) is -1.03. The lowest BCUT2D eigenvalue weighted by Gasteiger charge is -1.98. The third-order valence-corrected chi connectivity index (χ3v) is 3.04. The molecule has 1 aromatic carbocycles. The summed E-state index contributed by atoms with van der Waals surface area (Å²) in [6.07, 6.45) is 1.83. The van der Waals surface area contributed by atoms with Gasteiger partial charge in [0.25, 0.3) is 0 Å². The van der Waals surface area contributed by atoms with Gasteiger partial charge in [0.05, 0.1) is 0 Å². The van der Waals surface area contributed by atoms with E-state index >= 15 is 0 Å². The van der Waals surface area contributed by atoms with Crippen LogP contribution in [0.15, 0.2) is 29.4 Å². The van der Waals surface area contributed by atoms with Crippen molar-refractivity contribution in [1.82, 2.24) is 9.97 Å². The van der Waals surface area contributed by atoms with Gasteiger partial charge >= 0.3 is 5.97 Å². The Morgan fingerprint density at radius 1 is 1.41 bits per heavy atom. The molecule has 4 nitrogen and oxygen atoms in total. The molecule has 17 heavy (non-hydrogen) atoms. The number of carboxylic acids is 1. The second-order valence-electron chi connectivity index (χ2n) is 3.28. The van der Waals surface area contributed by atoms with Crippen molar-refractivity contribution >= 4 is 29.3 Å². The van der Waals surface area contributed by atoms with Crippen LogP contribution >= 0.6 is 23.4 Å². The van der Waals surface area contributed by atoms with Crippen LogP contribution in [-0.4, -0.2) is 27.3 Å². The minimum absolute atomic E-state index is 0.0941. The molecule has 0 saturated heterocycles. The molecule has 0 unspecified atom stereocenters. The number of benzene rings is 1. The number of imidazole rings is 1. The maximum absolute atomic E-state index is 11.1. The fourth-order valence-corrected chi connectivity index (χ4v) is 1.93. The Labute approximate surface area is 107 Å². The minimum Gasteiger partial charge on any atom is -0.477 e. The molecule has 2 rings (SSSR count). The third kappa shape index (κ3) is 2.45. The zero-order valence-electron chi connectivity index (χ0n) is 8.90. The van der Waals surface area contributed by atoms with Gasteiger partial charge in [-0.25, -0.2) is 9.78 Å². The highest BCUT2D eigenvalue weighted by Gasteiger charge is 2.17. The topological polar surface area (TPSA) is 66.0 Å². The van der Waals surface area contributed by atoms with Crippen molar-refractivity contribution < 1.29 is 9.90 Å². The van der Waals surface area contributed by atoms with Gasteiger partial charge in [0.2, 0.25) is 0 Å². The highest BCUT2D eigenvalue weighted by Crippen LogP contribution is 2.25. The Hall–Kier alpha value is -1.46. The lowest BCUT2D eigenvalue weighted by atomic mass is 10.1. The number of carboxylic acid groups (broad SMARTS) is 1. The van der Waals surface area contributed by atoms with Gasteiger partial charge in [-0.3, -0.25) is 0 Å². The summed E-state index contributed by atoms with van der Waals surface area (Å²) in [5.41, 5.74) is 1.25. The summed E-state index contributed by atoms with van der Waals surface area (Å²) < 4.78 is 0. The lowest BCUT2D eigenvalue weighted by Crippen LogP contribution is -1.99. The molecule has 0 amide bonds. The highest BCUT2D eigenvalue weighted by molar-refractivity contribution is 7.98. The van der Waals surface area contributed by atoms with E-state index in [1.165, 1.54) is 11.8 Å². The Balaban J connectivity index is 2.53. The van der Waals surface area contributed by atoms with E-state index < -0.39 is 5.97 Å². The summed E-state index contributed by atoms with van der Waals surface area (Å²) in [6.45, 7) is 0. The highest BCUT2D eigenvalue weighted by atomic mass is 35.5. The van der Waals surface area contributed by atoms with Gasteiger partial charge in [-0.1, -0.05) is 35.5 Å². The monoisotopic (exact) mass is 268 g/mol. The molecule has 88 valence electrons. The SMILES string of the molecule is CSc1nc(-c2ccc(Cl)cc2)c(C(=O)O)[nH]1. The van der Waals surface area contributed by atoms with E-state index in [4.69, 9.17) is 16.7 Å². The number of aromatic nitrogens is 2. The van der Waals surface area contributed by atoms with Gasteiger partial charge in [-0.05, 0) is 18.4 Å². The molecule has 2 aromatic rings. The van der Waals surface area contributed by atoms with Gasteiger partial charge in [-0.2, -0.15) is 0 Å². The van der Waals surface area contributed by atoms with Gasteiger partial charge in [-0.15, -0.1) is 0 Å². The fourth-order valence-electron chi connectivity index (χ4n) is 1.42. The minimum atomic E-state index is -1.03. The first-order valence-corrected chi connectivity index (χ1v) is 6.35. The van der Waals surface area contributed by atoms with Crippen molar-refractivity contribution in [3.63, 3.8) is 0 Å². The van der Waals surface area contributed by atoms with Crippen LogP contribution in [0.3, 0.4) is 0 Å². The van der Waals surface area contributed by atoms with E-state index in [1.807, 2.05) is 6.26 Å². The number of nitrogens with zero attached hydrogens (tertiary/aromatic N) is 1. The zero-order valence-corrected chi connectivity index (χ0v) is 10.5. The molecule has 0 aliphatic heterocycles. The van der Waals surface area contributed by atoms with Crippen molar-refractivity contribution in [1.29, 1.82) is 0 Å². The molecule has 1 aromatic heterocycles. The van der Waals surface area contributed by atoms with Crippen LogP contribution in [0.4, 0.5) is 0 Å². The summed E-state index contributed by atoms with van der Waals surface area (Å²) in [4.78, 5) is 18.1. The van der Waals surface area contributed by atoms with E-state index in [0.29, 0.717) is 15.9 Å². The molecule has 0 bridgehead atoms. The predicted octanol–water partition coefficient (Wildman–Crippen LogP) is 3.15. The second-order valence-corrected chi connectivity index (χ2v) is 4.51. The summed E-state index contributed by atoms with van der Waals surface area (Å²) in [6, 6.07) is 6.90. The van der Waals surface area contributed by atoms with E-state index in [-0.39, 0.29) is 5.69 Å². The molecular weight excluding hydrogens is 260 g/mol. The van der Waals surface area contributed by atoms with Gasteiger partial charge in [0.1, 0.15) is 5.69 Å². The Morgan fingerprint density at radius 2 is 2.06 bits per heavy atom. The van der Waals surface area contributed by atoms with Crippen LogP contribution < -0.4 is 0 Å². The van der Waals surface area contributed by atoms with Crippen molar-refractivity contribution in [3.8, 4) is 11.3 Å². The molecule has 0 radical (unpaired) electrons. The van der Waals surface area contributed by atoms with Crippen molar-refractivity contribution in [2.24, 2.45) is 0 Å². The van der Waals surface area contributed by atoms with E-state index in [2.05, 4.69) is 9.97 Å². The first kappa shape index (κ1) is 12.0. The number of nitrogens with one attached hydrogen (secondary N) is 1. The first-order chi connectivity index (χ1) is 8.11. The Morgan fingerprint density at radius 3 is 2.59 bits per heavy atom. The van der Waals surface area contributed by atoms with Crippen molar-refractivity contribution in [2.75, 3.05) is 6.26 Å². The average molecular weight is 269 g/mol. The number of H-pyrrole nitrogens is 1. The number of thioether (sulfide) groups is 1. The maximum atomic E-state index is 11.1. The Bertz CT molecular complexity index is 551. The number of carbonyl (C=O) groups is 1. The zero-order chi connectivity index (χ0) is 12.4. The molecule has 0 spiro atoms. The molecule has 0 fully saturated rings. The summed E-state index contributed by atoms with van der Waals surface area (Å²) >= 11 is 7.15. The average Bonchev–Trinajstić information content (AvgIpc) is 2.74. The molecule has 1 heterocycles. The standard InChI is InChI=1S/C11H9ClN2O2S/c1-17-11-13-8(9(14-11)10(15)16)6-2-4-7(12)5-3-6/h2-5H,1H3,(H,13,14)(H,15,16). The van der Waals surface area contributed by atoms with Gasteiger partial charge in [0, 0.05) is 10.6 Å². The third-order valence-electron chi connectivity index (χ3n) is 2.21. The lowest BCUT2D eigenvalue weighted by molar-refractivity contribution is 0.0691. The molecule has 0 saturated carbocycles. The number of aromatic amines is 1. The quantitative estimate of drug-likeness (QED) is 0.839. The Kier molecular flexibility index (Phi) is 3.40. The number of rotatable bonds is 3. The van der Waals surface area contributed by atoms with E-state index in [1.54, 1.807) is 24.3 Å². The van der Waals surface area contributed by atoms with Crippen LogP contribution in [0.2, 0.25) is 5.02 Å². The van der Waals surface area contributed by atoms with E-state index in [0.717, 1.165) is 5.56 Å². The molecule has 0 atom stereocenters. The van der Waals surface area contributed by atoms with Crippen molar-refractivity contribution in [2.45, 2.75) is 5.16 Å². The number of halogens is 1. The molecular formula is C11H9ClN2O2S. The number of hydrogen-bond donors (Lipinski definition) is 2. The molecule has 6 heteroatoms. The smallest absolute Gasteiger partial charge is 0.354 e. The number of aromatic carboxylic acids is 1. The fraction of sp³-hybridized carbons (Fsp3) is 0.0909. The molecule has 2 N–H and O–H groups in total. The number of hydrogen-bond acceptors (Lipinski definition) is 3. The van der Waals surface area contributed by atoms with Crippen LogP contribution in [0.25, 0.3) is 11.3 Å². The van der Waals surface area contributed by atoms with Crippen LogP contribution in [-0.2, 0) is 0 Å². The normalized spacial score (nSPS) is 10.5. The van der Waals surface area contributed by atoms with Gasteiger partial charge in [0.15, 0.2) is 10.9 Å². The molecule has 0 aliphatic carbocycles. The summed E-state index contributed by atoms with van der Waals surface area (Å²) in [7, 11) is 0. The first-order valence-electron chi connectivity index (χ1n) is 4.75. The van der Waals surface area contributed by atoms with Crippen LogP contribution in [0, 0.1) is 0 Å². The second kappa shape index (κ2) is 4.81. The maximum Gasteiger partial charge on any atom is 0.354 e. The summed E-state index contributed by atoms with van der Waals surface area (Å²) in [5, 5.41) is 10.3. The van der Waals surface area contributed by atoms with Crippen molar-refractivity contribution in [3.05, 3.63) is 35.0 Å². The molecule has 0 aliphatic rings. The van der Waals surface area contributed by atoms with Crippen LogP contribution in [0.1, 0.15) is 10.5 Å². The van der Waals surface area contributed by atoms with E-state index in [9.17, 15) is 4.79 Å².